The van der Waals surface area contributed by atoms with Crippen LogP contribution in [-0.2, 0) is 0 Å². The number of furan rings is 1. The molecule has 0 fully saturated rings. The number of nitrogens with two attached hydrogens (primary N) is 1. The van der Waals surface area contributed by atoms with Crippen LogP contribution in [0, 0.1) is 29.6 Å². The number of aromatic carboxylic acids is 1. The zero-order valence-corrected chi connectivity index (χ0v) is 16.7. The average Bonchev–Trinajstić information content (AvgIpc) is 3.31. The van der Waals surface area contributed by atoms with Gasteiger partial charge in [0.2, 0.25) is 0 Å². The van der Waals surface area contributed by atoms with Gasteiger partial charge in [-0.05, 0) is 54.8 Å². The number of benzene rings is 1. The molecule has 0 radical (unpaired) electrons. The molecule has 2 aromatic heterocycles. The van der Waals surface area contributed by atoms with Crippen LogP contribution in [-0.4, -0.2) is 16.1 Å². The average molecular weight is 408 g/mol. The molecule has 7 nitrogen and oxygen atoms in total. The first-order valence-corrected chi connectivity index (χ1v) is 9.33. The number of carbonyl (C=O) groups is 1. The highest BCUT2D eigenvalue weighted by atomic mass is 16.4. The van der Waals surface area contributed by atoms with Gasteiger partial charge in [-0.15, -0.1) is 0 Å². The van der Waals surface area contributed by atoms with Crippen LogP contribution < -0.4 is 5.73 Å². The van der Waals surface area contributed by atoms with Crippen molar-refractivity contribution in [3.63, 3.8) is 0 Å². The van der Waals surface area contributed by atoms with Crippen LogP contribution in [0.3, 0.4) is 0 Å². The Kier molecular flexibility index (Phi) is 4.65. The van der Waals surface area contributed by atoms with Crippen molar-refractivity contribution in [1.82, 2.24) is 4.98 Å². The highest BCUT2D eigenvalue weighted by Crippen LogP contribution is 2.44. The summed E-state index contributed by atoms with van der Waals surface area (Å²) in [5.41, 5.74) is 10.4. The molecule has 0 spiro atoms. The van der Waals surface area contributed by atoms with E-state index in [0.29, 0.717) is 50.6 Å². The molecule has 0 unspecified atom stereocenters. The number of carboxylic acid groups (broad SMARTS) is 1. The Morgan fingerprint density at radius 2 is 1.90 bits per heavy atom. The third kappa shape index (κ3) is 3.06. The number of aromatic nitrogens is 1. The lowest BCUT2D eigenvalue weighted by Gasteiger charge is -2.10. The van der Waals surface area contributed by atoms with E-state index >= 15 is 0 Å². The number of nitriles is 2. The fourth-order valence-electron chi connectivity index (χ4n) is 3.80. The molecule has 150 valence electrons. The minimum Gasteiger partial charge on any atom is -0.478 e. The summed E-state index contributed by atoms with van der Waals surface area (Å²) in [6, 6.07) is 14.3. The maximum atomic E-state index is 11.5. The second-order valence-electron chi connectivity index (χ2n) is 7.06. The molecule has 0 atom stereocenters. The molecular formula is C24H16N4O3. The van der Waals surface area contributed by atoms with Crippen LogP contribution in [0.4, 0.5) is 5.82 Å². The number of nitrogen functional groups attached to an aromatic ring is 1. The zero-order chi connectivity index (χ0) is 22.3. The molecule has 0 amide bonds. The van der Waals surface area contributed by atoms with Crippen LogP contribution in [0.2, 0.25) is 0 Å². The van der Waals surface area contributed by atoms with Gasteiger partial charge < -0.3 is 15.3 Å². The van der Waals surface area contributed by atoms with Crippen molar-refractivity contribution in [2.24, 2.45) is 0 Å². The Labute approximate surface area is 178 Å². The molecule has 1 aliphatic rings. The lowest BCUT2D eigenvalue weighted by atomic mass is 9.96. The molecule has 0 aliphatic heterocycles. The highest BCUT2D eigenvalue weighted by Gasteiger charge is 2.30. The largest absolute Gasteiger partial charge is 0.478 e. The molecule has 0 saturated heterocycles. The third-order valence-electron chi connectivity index (χ3n) is 5.32. The van der Waals surface area contributed by atoms with E-state index in [1.807, 2.05) is 0 Å². The van der Waals surface area contributed by atoms with Crippen LogP contribution in [0.25, 0.3) is 28.5 Å². The number of hydrogen-bond acceptors (Lipinski definition) is 6. The smallest absolute Gasteiger partial charge is 0.336 e. The van der Waals surface area contributed by atoms with Crippen molar-refractivity contribution in [3.8, 4) is 23.5 Å². The van der Waals surface area contributed by atoms with E-state index in [9.17, 15) is 20.4 Å². The van der Waals surface area contributed by atoms with Crippen LogP contribution >= 0.6 is 0 Å². The first-order valence-electron chi connectivity index (χ1n) is 9.33. The number of carboxylic acids is 1. The van der Waals surface area contributed by atoms with Crippen LogP contribution in [0.1, 0.15) is 45.4 Å². The molecule has 0 saturated carbocycles. The van der Waals surface area contributed by atoms with Gasteiger partial charge in [-0.3, -0.25) is 0 Å². The molecule has 3 aromatic rings. The maximum Gasteiger partial charge on any atom is 0.336 e. The molecule has 4 rings (SSSR count). The second-order valence-corrected chi connectivity index (χ2v) is 7.06. The maximum absolute atomic E-state index is 11.5. The number of fused-ring (bicyclic) bond motifs is 1. The van der Waals surface area contributed by atoms with E-state index in [-0.39, 0.29) is 16.9 Å². The normalized spacial score (nSPS) is 13.7. The third-order valence-corrected chi connectivity index (χ3v) is 5.32. The van der Waals surface area contributed by atoms with Crippen molar-refractivity contribution >= 4 is 29.0 Å². The fraction of sp³-hybridized carbons (Fsp3) is 0.0833. The van der Waals surface area contributed by atoms with E-state index in [1.165, 1.54) is 6.07 Å². The molecule has 7 heteroatoms. The predicted molar refractivity (Wildman–Crippen MR) is 115 cm³/mol. The van der Waals surface area contributed by atoms with Gasteiger partial charge in [-0.25, -0.2) is 9.78 Å². The van der Waals surface area contributed by atoms with E-state index in [0.717, 1.165) is 0 Å². The van der Waals surface area contributed by atoms with Gasteiger partial charge in [-0.1, -0.05) is 18.2 Å². The quantitative estimate of drug-likeness (QED) is 0.643. The second kappa shape index (κ2) is 7.33. The van der Waals surface area contributed by atoms with Crippen molar-refractivity contribution < 1.29 is 14.3 Å². The van der Waals surface area contributed by atoms with Gasteiger partial charge in [0.05, 0.1) is 22.4 Å². The van der Waals surface area contributed by atoms with E-state index in [1.54, 1.807) is 50.3 Å². The predicted octanol–water partition coefficient (Wildman–Crippen LogP) is 4.65. The van der Waals surface area contributed by atoms with Crippen LogP contribution in [0.5, 0.6) is 0 Å². The summed E-state index contributed by atoms with van der Waals surface area (Å²) >= 11 is 0. The fourth-order valence-corrected chi connectivity index (χ4v) is 3.80. The molecule has 1 aliphatic carbocycles. The lowest BCUT2D eigenvalue weighted by molar-refractivity contribution is 0.0697. The Balaban J connectivity index is 1.88. The van der Waals surface area contributed by atoms with E-state index in [4.69, 9.17) is 10.2 Å². The Bertz CT molecular complexity index is 1410. The van der Waals surface area contributed by atoms with Crippen molar-refractivity contribution in [2.75, 3.05) is 5.73 Å². The van der Waals surface area contributed by atoms with E-state index < -0.39 is 5.97 Å². The zero-order valence-electron chi connectivity index (χ0n) is 16.7. The SMILES string of the molecule is CC1=C(C#N)c2nc(N)c(C#N)c(C)c2/C1=C/c1ccc(-c2ccccc2C(=O)O)o1. The first-order chi connectivity index (χ1) is 14.9. The minimum atomic E-state index is -1.04. The van der Waals surface area contributed by atoms with E-state index in [2.05, 4.69) is 17.1 Å². The molecule has 2 heterocycles. The topological polar surface area (TPSA) is 137 Å². The molecule has 1 aromatic carbocycles. The Morgan fingerprint density at radius 1 is 1.16 bits per heavy atom. The van der Waals surface area contributed by atoms with Gasteiger partial charge in [-0.2, -0.15) is 10.5 Å². The summed E-state index contributed by atoms with van der Waals surface area (Å²) < 4.78 is 5.92. The van der Waals surface area contributed by atoms with Gasteiger partial charge in [0, 0.05) is 11.1 Å². The van der Waals surface area contributed by atoms with Gasteiger partial charge >= 0.3 is 5.97 Å². The van der Waals surface area contributed by atoms with Crippen LogP contribution in [0.15, 0.2) is 46.4 Å². The molecule has 31 heavy (non-hydrogen) atoms. The van der Waals surface area contributed by atoms with Crippen molar-refractivity contribution in [3.05, 3.63) is 75.7 Å². The number of hydrogen-bond donors (Lipinski definition) is 2. The van der Waals surface area contributed by atoms with Gasteiger partial charge in [0.1, 0.15) is 29.5 Å². The summed E-state index contributed by atoms with van der Waals surface area (Å²) in [5.74, 6) is -0.0667. The number of rotatable bonds is 3. The van der Waals surface area contributed by atoms with Crippen molar-refractivity contribution in [2.45, 2.75) is 13.8 Å². The number of anilines is 1. The molecule has 0 bridgehead atoms. The van der Waals surface area contributed by atoms with Gasteiger partial charge in [0.25, 0.3) is 0 Å². The number of allylic oxidation sites excluding steroid dienone is 3. The van der Waals surface area contributed by atoms with Crippen molar-refractivity contribution in [1.29, 1.82) is 10.5 Å². The highest BCUT2D eigenvalue weighted by molar-refractivity contribution is 6.08. The summed E-state index contributed by atoms with van der Waals surface area (Å²) in [6.45, 7) is 3.57. The molecular weight excluding hydrogens is 392 g/mol. The summed E-state index contributed by atoms with van der Waals surface area (Å²) in [6.07, 6.45) is 1.76. The summed E-state index contributed by atoms with van der Waals surface area (Å²) in [5, 5.41) is 28.5. The minimum absolute atomic E-state index is 0.0890. The monoisotopic (exact) mass is 408 g/mol. The summed E-state index contributed by atoms with van der Waals surface area (Å²) in [7, 11) is 0. The number of pyridine rings is 1. The first kappa shape index (κ1) is 19.7. The standard InChI is InChI=1S/C24H16N4O3/c1-12-17(21-13(2)19(11-26)23(27)28-22(21)18(12)10-25)9-14-7-8-20(31-14)15-5-3-4-6-16(15)24(29)30/h3-9H,1-2H3,(H2,27,28)(H,29,30)/b17-9+. The number of nitrogens with zero attached hydrogens (tertiary/aromatic N) is 3. The Morgan fingerprint density at radius 3 is 2.58 bits per heavy atom. The van der Waals surface area contributed by atoms with Gasteiger partial charge in [0.15, 0.2) is 0 Å². The molecule has 3 N–H and O–H groups in total. The summed E-state index contributed by atoms with van der Waals surface area (Å²) in [4.78, 5) is 15.8. The Hall–Kier alpha value is -4.62. The lowest BCUT2D eigenvalue weighted by Crippen LogP contribution is -2.03.